The van der Waals surface area contributed by atoms with Crippen LogP contribution in [0, 0.1) is 0 Å². The normalized spacial score (nSPS) is 11.9. The maximum atomic E-state index is 5.80. The number of benzene rings is 1. The predicted octanol–water partition coefficient (Wildman–Crippen LogP) is 3.16. The van der Waals surface area contributed by atoms with Crippen LogP contribution in [-0.4, -0.2) is 16.5 Å². The van der Waals surface area contributed by atoms with Gasteiger partial charge in [-0.05, 0) is 20.8 Å². The zero-order chi connectivity index (χ0) is 14.6. The van der Waals surface area contributed by atoms with Gasteiger partial charge in [0.1, 0.15) is 6.54 Å². The van der Waals surface area contributed by atoms with Gasteiger partial charge in [0.05, 0.1) is 6.20 Å². The van der Waals surface area contributed by atoms with E-state index in [1.54, 1.807) is 6.20 Å². The average molecular weight is 400 g/mol. The number of aromatic nitrogens is 1. The lowest BCUT2D eigenvalue weighted by atomic mass is 10.1. The fourth-order valence-electron chi connectivity index (χ4n) is 1.70. The Morgan fingerprint density at radius 3 is 2.57 bits per heavy atom. The Hall–Kier alpha value is -1.57. The molecule has 0 amide bonds. The number of hydrogen-bond acceptors (Lipinski definition) is 3. The summed E-state index contributed by atoms with van der Waals surface area (Å²) in [6.45, 7) is 6.39. The Morgan fingerprint density at radius 2 is 1.95 bits per heavy atom. The molecule has 0 aliphatic heterocycles. The van der Waals surface area contributed by atoms with E-state index in [0.29, 0.717) is 18.4 Å². The molecular weight excluding hydrogens is 379 g/mol. The predicted molar refractivity (Wildman–Crippen MR) is 95.6 cm³/mol. The second-order valence-electron chi connectivity index (χ2n) is 5.56. The first-order chi connectivity index (χ1) is 9.44. The Kier molecular flexibility index (Phi) is 6.19. The van der Waals surface area contributed by atoms with Crippen LogP contribution in [0.4, 0.5) is 0 Å². The number of halogens is 1. The second-order valence-corrected chi connectivity index (χ2v) is 5.56. The highest BCUT2D eigenvalue weighted by molar-refractivity contribution is 14.0. The van der Waals surface area contributed by atoms with Gasteiger partial charge in [0, 0.05) is 11.1 Å². The average Bonchev–Trinajstić information content (AvgIpc) is 2.84. The summed E-state index contributed by atoms with van der Waals surface area (Å²) in [5.74, 6) is 1.66. The zero-order valence-electron chi connectivity index (χ0n) is 12.5. The second kappa shape index (κ2) is 7.44. The number of hydrogen-bond donors (Lipinski definition) is 2. The van der Waals surface area contributed by atoms with Crippen LogP contribution in [-0.2, 0) is 6.54 Å². The summed E-state index contributed by atoms with van der Waals surface area (Å²) in [5.41, 5.74) is 6.68. The Morgan fingerprint density at radius 1 is 1.29 bits per heavy atom. The fraction of sp³-hybridized carbons (Fsp3) is 0.333. The van der Waals surface area contributed by atoms with E-state index >= 15 is 0 Å². The molecule has 0 unspecified atom stereocenters. The van der Waals surface area contributed by atoms with Crippen LogP contribution in [0.3, 0.4) is 0 Å². The first kappa shape index (κ1) is 17.5. The van der Waals surface area contributed by atoms with E-state index in [1.807, 2.05) is 51.1 Å². The summed E-state index contributed by atoms with van der Waals surface area (Å²) >= 11 is 0. The Labute approximate surface area is 142 Å². The lowest BCUT2D eigenvalue weighted by Crippen LogP contribution is -2.44. The van der Waals surface area contributed by atoms with E-state index < -0.39 is 0 Å². The Balaban J connectivity index is 0.00000220. The van der Waals surface area contributed by atoms with E-state index in [9.17, 15) is 0 Å². The van der Waals surface area contributed by atoms with Crippen molar-refractivity contribution in [1.82, 2.24) is 10.3 Å². The molecule has 6 heteroatoms. The molecule has 0 aliphatic carbocycles. The van der Waals surface area contributed by atoms with Crippen molar-refractivity contribution >= 4 is 29.9 Å². The number of nitrogens with two attached hydrogens (primary N) is 1. The van der Waals surface area contributed by atoms with Crippen molar-refractivity contribution in [2.24, 2.45) is 10.7 Å². The van der Waals surface area contributed by atoms with Crippen LogP contribution in [0.1, 0.15) is 26.7 Å². The highest BCUT2D eigenvalue weighted by atomic mass is 127. The molecule has 3 N–H and O–H groups in total. The van der Waals surface area contributed by atoms with Crippen molar-refractivity contribution in [2.75, 3.05) is 0 Å². The topological polar surface area (TPSA) is 76.4 Å². The van der Waals surface area contributed by atoms with Crippen LogP contribution in [0.15, 0.2) is 45.9 Å². The summed E-state index contributed by atoms with van der Waals surface area (Å²) in [6, 6.07) is 9.83. The van der Waals surface area contributed by atoms with Gasteiger partial charge in [0.2, 0.25) is 5.89 Å². The standard InChI is InChI=1S/C15H20N4O.HI/c1-15(2,3)19-14(16)18-10-13-17-9-12(20-13)11-7-5-4-6-8-11;/h4-9H,10H2,1-3H3,(H3,16,18,19);1H. The van der Waals surface area contributed by atoms with E-state index in [-0.39, 0.29) is 29.5 Å². The molecule has 1 aromatic carbocycles. The largest absolute Gasteiger partial charge is 0.439 e. The van der Waals surface area contributed by atoms with Gasteiger partial charge < -0.3 is 15.5 Å². The first-order valence-electron chi connectivity index (χ1n) is 6.52. The van der Waals surface area contributed by atoms with Gasteiger partial charge in [-0.2, -0.15) is 0 Å². The molecule has 0 fully saturated rings. The van der Waals surface area contributed by atoms with Gasteiger partial charge in [0.25, 0.3) is 0 Å². The maximum absolute atomic E-state index is 5.80. The molecule has 0 saturated carbocycles. The molecule has 5 nitrogen and oxygen atoms in total. The first-order valence-corrected chi connectivity index (χ1v) is 6.52. The van der Waals surface area contributed by atoms with E-state index in [0.717, 1.165) is 11.3 Å². The van der Waals surface area contributed by atoms with Crippen molar-refractivity contribution < 1.29 is 4.42 Å². The minimum Gasteiger partial charge on any atom is -0.439 e. The van der Waals surface area contributed by atoms with E-state index in [4.69, 9.17) is 10.2 Å². The smallest absolute Gasteiger partial charge is 0.216 e. The molecule has 114 valence electrons. The number of guanidine groups is 1. The molecule has 0 saturated heterocycles. The number of aliphatic imine (C=N–C) groups is 1. The fourth-order valence-corrected chi connectivity index (χ4v) is 1.70. The molecule has 2 aromatic rings. The lowest BCUT2D eigenvalue weighted by Gasteiger charge is -2.20. The van der Waals surface area contributed by atoms with Crippen molar-refractivity contribution in [1.29, 1.82) is 0 Å². The SMILES string of the molecule is CC(C)(C)NC(N)=NCc1ncc(-c2ccccc2)o1.I. The van der Waals surface area contributed by atoms with Crippen LogP contribution in [0.5, 0.6) is 0 Å². The number of rotatable bonds is 3. The zero-order valence-corrected chi connectivity index (χ0v) is 14.8. The van der Waals surface area contributed by atoms with Gasteiger partial charge >= 0.3 is 0 Å². The van der Waals surface area contributed by atoms with E-state index in [2.05, 4.69) is 15.3 Å². The molecular formula is C15H21IN4O. The number of nitrogens with one attached hydrogen (secondary N) is 1. The molecule has 1 heterocycles. The van der Waals surface area contributed by atoms with Gasteiger partial charge in [-0.3, -0.25) is 0 Å². The molecule has 0 atom stereocenters. The molecule has 0 radical (unpaired) electrons. The van der Waals surface area contributed by atoms with Crippen LogP contribution in [0.25, 0.3) is 11.3 Å². The molecule has 0 aliphatic rings. The maximum Gasteiger partial charge on any atom is 0.216 e. The third kappa shape index (κ3) is 5.74. The lowest BCUT2D eigenvalue weighted by molar-refractivity contribution is 0.497. The number of nitrogens with zero attached hydrogens (tertiary/aromatic N) is 2. The summed E-state index contributed by atoms with van der Waals surface area (Å²) in [7, 11) is 0. The quantitative estimate of drug-likeness (QED) is 0.472. The third-order valence-electron chi connectivity index (χ3n) is 2.50. The van der Waals surface area contributed by atoms with Crippen molar-refractivity contribution in [2.45, 2.75) is 32.9 Å². The van der Waals surface area contributed by atoms with Crippen molar-refractivity contribution in [3.05, 3.63) is 42.4 Å². The molecule has 2 rings (SSSR count). The molecule has 21 heavy (non-hydrogen) atoms. The Bertz CT molecular complexity index is 587. The van der Waals surface area contributed by atoms with Gasteiger partial charge in [-0.25, -0.2) is 9.98 Å². The summed E-state index contributed by atoms with van der Waals surface area (Å²) in [6.07, 6.45) is 1.70. The van der Waals surface area contributed by atoms with Crippen molar-refractivity contribution in [3.8, 4) is 11.3 Å². The summed E-state index contributed by atoms with van der Waals surface area (Å²) < 4.78 is 5.65. The van der Waals surface area contributed by atoms with Crippen LogP contribution in [0.2, 0.25) is 0 Å². The molecule has 0 bridgehead atoms. The van der Waals surface area contributed by atoms with Gasteiger partial charge in [-0.1, -0.05) is 30.3 Å². The highest BCUT2D eigenvalue weighted by Gasteiger charge is 2.10. The van der Waals surface area contributed by atoms with Crippen LogP contribution < -0.4 is 11.1 Å². The monoisotopic (exact) mass is 400 g/mol. The van der Waals surface area contributed by atoms with Gasteiger partial charge in [-0.15, -0.1) is 24.0 Å². The van der Waals surface area contributed by atoms with Crippen LogP contribution >= 0.6 is 24.0 Å². The highest BCUT2D eigenvalue weighted by Crippen LogP contribution is 2.19. The van der Waals surface area contributed by atoms with Crippen molar-refractivity contribution in [3.63, 3.8) is 0 Å². The van der Waals surface area contributed by atoms with Gasteiger partial charge in [0.15, 0.2) is 11.7 Å². The molecule has 1 aromatic heterocycles. The third-order valence-corrected chi connectivity index (χ3v) is 2.50. The summed E-state index contributed by atoms with van der Waals surface area (Å²) in [5, 5.41) is 3.09. The van der Waals surface area contributed by atoms with E-state index in [1.165, 1.54) is 0 Å². The minimum atomic E-state index is -0.112. The summed E-state index contributed by atoms with van der Waals surface area (Å²) in [4.78, 5) is 8.42. The minimum absolute atomic E-state index is 0. The molecule has 0 spiro atoms. The number of oxazole rings is 1.